The predicted octanol–water partition coefficient (Wildman–Crippen LogP) is 1.15. The van der Waals surface area contributed by atoms with Gasteiger partial charge in [0, 0.05) is 30.4 Å². The van der Waals surface area contributed by atoms with E-state index in [1.165, 1.54) is 36.4 Å². The van der Waals surface area contributed by atoms with E-state index in [0.717, 1.165) is 5.69 Å². The molecule has 0 saturated carbocycles. The molecule has 4 aromatic rings. The summed E-state index contributed by atoms with van der Waals surface area (Å²) in [5, 5.41) is 11.9. The number of benzene rings is 2. The molecule has 1 amide bonds. The number of amides is 1. The van der Waals surface area contributed by atoms with Gasteiger partial charge in [0.15, 0.2) is 17.0 Å². The minimum Gasteiger partial charge on any atom is -0.480 e. The first-order valence-electron chi connectivity index (χ1n) is 12.5. The summed E-state index contributed by atoms with van der Waals surface area (Å²) < 4.78 is 4.75. The second-order valence-electron chi connectivity index (χ2n) is 9.19. The number of nitrogens with one attached hydrogen (secondary N) is 1. The van der Waals surface area contributed by atoms with Crippen LogP contribution in [0.25, 0.3) is 11.2 Å². The van der Waals surface area contributed by atoms with E-state index >= 15 is 0 Å². The second kappa shape index (κ2) is 12.5. The summed E-state index contributed by atoms with van der Waals surface area (Å²) in [6.07, 6.45) is 0.845. The van der Waals surface area contributed by atoms with Crippen LogP contribution in [-0.4, -0.2) is 61.9 Å². The van der Waals surface area contributed by atoms with Crippen LogP contribution in [0.3, 0.4) is 0 Å². The molecule has 15 nitrogen and oxygen atoms in total. The average Bonchev–Trinajstić information content (AvgIpc) is 2.95. The van der Waals surface area contributed by atoms with Crippen molar-refractivity contribution in [2.45, 2.75) is 25.4 Å². The molecule has 0 aliphatic carbocycles. The van der Waals surface area contributed by atoms with Crippen LogP contribution in [0, 0.1) is 0 Å². The number of ether oxygens (including phenoxy) is 1. The molecule has 2 aromatic heterocycles. The zero-order valence-electron chi connectivity index (χ0n) is 22.4. The molecular weight excluding hydrogens is 546 g/mol. The number of aliphatic carboxylic acids is 1. The van der Waals surface area contributed by atoms with Gasteiger partial charge in [-0.15, -0.1) is 0 Å². The number of anilines is 4. The third-order valence-electron chi connectivity index (χ3n) is 6.06. The first-order chi connectivity index (χ1) is 20.0. The zero-order valence-corrected chi connectivity index (χ0v) is 22.4. The van der Waals surface area contributed by atoms with Crippen molar-refractivity contribution in [1.29, 1.82) is 0 Å². The molecule has 0 fully saturated rings. The smallest absolute Gasteiger partial charge is 0.345 e. The Hall–Kier alpha value is -5.86. The molecule has 216 valence electrons. The lowest BCUT2D eigenvalue weighted by Crippen LogP contribution is -2.41. The van der Waals surface area contributed by atoms with Crippen LogP contribution < -0.4 is 27.4 Å². The van der Waals surface area contributed by atoms with E-state index in [2.05, 4.69) is 25.3 Å². The number of hydrogen-bond acceptors (Lipinski definition) is 13. The molecule has 0 saturated heterocycles. The van der Waals surface area contributed by atoms with Gasteiger partial charge in [-0.1, -0.05) is 0 Å². The van der Waals surface area contributed by atoms with Crippen LogP contribution in [0.15, 0.2) is 54.7 Å². The van der Waals surface area contributed by atoms with Gasteiger partial charge in [-0.3, -0.25) is 9.59 Å². The predicted molar refractivity (Wildman–Crippen MR) is 152 cm³/mol. The van der Waals surface area contributed by atoms with Gasteiger partial charge in [0.2, 0.25) is 5.95 Å². The van der Waals surface area contributed by atoms with Crippen LogP contribution in [-0.2, 0) is 20.9 Å². The monoisotopic (exact) mass is 573 g/mol. The number of aromatic nitrogens is 4. The number of fused-ring (bicyclic) bond motifs is 1. The molecule has 1 atom stereocenters. The number of nitrogens with two attached hydrogens (primary N) is 3. The van der Waals surface area contributed by atoms with Crippen molar-refractivity contribution in [2.75, 3.05) is 29.1 Å². The zero-order chi connectivity index (χ0) is 30.4. The quantitative estimate of drug-likeness (QED) is 0.101. The lowest BCUT2D eigenvalue weighted by Gasteiger charge is -2.19. The lowest BCUT2D eigenvalue weighted by molar-refractivity contribution is -0.140. The molecule has 0 bridgehead atoms. The topological polar surface area (TPSA) is 243 Å². The molecule has 2 heterocycles. The minimum absolute atomic E-state index is 0.00222. The summed E-state index contributed by atoms with van der Waals surface area (Å²) in [4.78, 5) is 67.0. The highest BCUT2D eigenvalue weighted by Crippen LogP contribution is 2.19. The van der Waals surface area contributed by atoms with Crippen molar-refractivity contribution in [1.82, 2.24) is 25.3 Å². The first kappa shape index (κ1) is 29.1. The molecule has 0 unspecified atom stereocenters. The molecule has 2 aromatic carbocycles. The fourth-order valence-corrected chi connectivity index (χ4v) is 3.85. The Labute approximate surface area is 238 Å². The van der Waals surface area contributed by atoms with Gasteiger partial charge in [0.05, 0.1) is 24.0 Å². The number of hydrogen-bond donors (Lipinski definition) is 5. The van der Waals surface area contributed by atoms with E-state index in [4.69, 9.17) is 21.9 Å². The SMILES string of the molecule is CN(Cc1cnc2nc(N)nc(N)c2n1)c1ccc(C(=O)N[C@@H](CCC(=O)OC(=O)c2ccc(N)cc2)C(=O)O)cc1. The van der Waals surface area contributed by atoms with Gasteiger partial charge in [-0.25, -0.2) is 19.6 Å². The summed E-state index contributed by atoms with van der Waals surface area (Å²) in [7, 11) is 1.81. The fourth-order valence-electron chi connectivity index (χ4n) is 3.85. The van der Waals surface area contributed by atoms with Crippen molar-refractivity contribution in [3.05, 3.63) is 71.5 Å². The van der Waals surface area contributed by atoms with Gasteiger partial charge < -0.3 is 37.3 Å². The summed E-state index contributed by atoms with van der Waals surface area (Å²) in [6.45, 7) is 0.344. The summed E-state index contributed by atoms with van der Waals surface area (Å²) in [5.74, 6) is -3.70. The molecule has 42 heavy (non-hydrogen) atoms. The van der Waals surface area contributed by atoms with Gasteiger partial charge in [-0.05, 0) is 55.0 Å². The van der Waals surface area contributed by atoms with E-state index < -0.39 is 36.3 Å². The van der Waals surface area contributed by atoms with Crippen molar-refractivity contribution < 1.29 is 29.0 Å². The number of carbonyl (C=O) groups excluding carboxylic acids is 3. The van der Waals surface area contributed by atoms with Crippen molar-refractivity contribution in [3.63, 3.8) is 0 Å². The first-order valence-corrected chi connectivity index (χ1v) is 12.5. The standard InChI is InChI=1S/C27H27N9O6/c1-36(13-17-12-31-23-21(32-17)22(29)34-27(30)35-23)18-8-4-14(5-9-18)24(38)33-19(25(39)40)10-11-20(37)42-26(41)15-2-6-16(28)7-3-15/h2-9,12,19H,10-11,13,28H2,1H3,(H,33,38)(H,39,40)(H4,29,30,31,34,35)/t19-/m0/s1. The molecule has 0 radical (unpaired) electrons. The lowest BCUT2D eigenvalue weighted by atomic mass is 10.1. The van der Waals surface area contributed by atoms with Crippen LogP contribution >= 0.6 is 0 Å². The number of nitrogens with zero attached hydrogens (tertiary/aromatic N) is 5. The van der Waals surface area contributed by atoms with Crippen LogP contribution in [0.2, 0.25) is 0 Å². The Morgan fingerprint density at radius 2 is 1.62 bits per heavy atom. The van der Waals surface area contributed by atoms with Crippen LogP contribution in [0.1, 0.15) is 39.3 Å². The summed E-state index contributed by atoms with van der Waals surface area (Å²) in [5.41, 5.74) is 19.7. The van der Waals surface area contributed by atoms with E-state index in [-0.39, 0.29) is 35.0 Å². The largest absolute Gasteiger partial charge is 0.480 e. The van der Waals surface area contributed by atoms with E-state index in [0.29, 0.717) is 23.4 Å². The maximum absolute atomic E-state index is 12.7. The van der Waals surface area contributed by atoms with E-state index in [1.54, 1.807) is 25.4 Å². The van der Waals surface area contributed by atoms with Crippen molar-refractivity contribution in [2.24, 2.45) is 0 Å². The van der Waals surface area contributed by atoms with E-state index in [9.17, 15) is 24.3 Å². The molecule has 8 N–H and O–H groups in total. The summed E-state index contributed by atoms with van der Waals surface area (Å²) in [6, 6.07) is 10.8. The highest BCUT2D eigenvalue weighted by molar-refractivity contribution is 5.98. The van der Waals surface area contributed by atoms with Crippen molar-refractivity contribution >= 4 is 58.1 Å². The molecule has 0 aliphatic rings. The third-order valence-corrected chi connectivity index (χ3v) is 6.06. The fraction of sp³-hybridized carbons (Fsp3) is 0.185. The molecule has 15 heteroatoms. The number of nitrogen functional groups attached to an aromatic ring is 3. The maximum atomic E-state index is 12.7. The number of carboxylic acid groups (broad SMARTS) is 1. The van der Waals surface area contributed by atoms with Gasteiger partial charge in [-0.2, -0.15) is 9.97 Å². The second-order valence-corrected chi connectivity index (χ2v) is 9.19. The number of carboxylic acids is 1. The van der Waals surface area contributed by atoms with Gasteiger partial charge in [0.1, 0.15) is 6.04 Å². The molecule has 0 aliphatic heterocycles. The average molecular weight is 574 g/mol. The van der Waals surface area contributed by atoms with E-state index in [1.807, 2.05) is 4.90 Å². The van der Waals surface area contributed by atoms with Crippen LogP contribution in [0.5, 0.6) is 0 Å². The van der Waals surface area contributed by atoms with Crippen molar-refractivity contribution in [3.8, 4) is 0 Å². The highest BCUT2D eigenvalue weighted by atomic mass is 16.6. The Morgan fingerprint density at radius 3 is 2.29 bits per heavy atom. The number of esters is 2. The van der Waals surface area contributed by atoms with Gasteiger partial charge >= 0.3 is 17.9 Å². The Balaban J connectivity index is 1.32. The normalized spacial score (nSPS) is 11.5. The molecule has 0 spiro atoms. The highest BCUT2D eigenvalue weighted by Gasteiger charge is 2.23. The Kier molecular flexibility index (Phi) is 8.70. The number of carbonyl (C=O) groups is 4. The summed E-state index contributed by atoms with van der Waals surface area (Å²) >= 11 is 0. The number of rotatable bonds is 10. The third kappa shape index (κ3) is 7.20. The Bertz CT molecular complexity index is 1640. The van der Waals surface area contributed by atoms with Gasteiger partial charge in [0.25, 0.3) is 5.91 Å². The molecule has 4 rings (SSSR count). The minimum atomic E-state index is -1.39. The maximum Gasteiger partial charge on any atom is 0.345 e. The Morgan fingerprint density at radius 1 is 0.952 bits per heavy atom. The van der Waals surface area contributed by atoms with Crippen LogP contribution in [0.4, 0.5) is 23.1 Å². The molecular formula is C27H27N9O6.